The van der Waals surface area contributed by atoms with Gasteiger partial charge in [-0.05, 0) is 37.1 Å². The number of carbonyl (C=O) groups excluding carboxylic acids is 1. The molecular weight excluding hydrogens is 384 g/mol. The fourth-order valence-electron chi connectivity index (χ4n) is 3.01. The molecule has 0 aromatic heterocycles. The van der Waals surface area contributed by atoms with Crippen molar-refractivity contribution in [1.29, 1.82) is 0 Å². The van der Waals surface area contributed by atoms with Gasteiger partial charge in [-0.3, -0.25) is 4.79 Å². The Bertz CT molecular complexity index is 671. The summed E-state index contributed by atoms with van der Waals surface area (Å²) in [5.74, 6) is -0.105. The molecule has 23 heavy (non-hydrogen) atoms. The van der Waals surface area contributed by atoms with Gasteiger partial charge in [0.1, 0.15) is 6.04 Å². The Morgan fingerprint density at radius 2 is 1.78 bits per heavy atom. The van der Waals surface area contributed by atoms with Gasteiger partial charge >= 0.3 is 0 Å². The highest BCUT2D eigenvalue weighted by Gasteiger charge is 2.41. The fraction of sp³-hybridized carbons (Fsp3) is 0.533. The predicted molar refractivity (Wildman–Crippen MR) is 88.5 cm³/mol. The molecule has 1 amide bonds. The molecule has 0 radical (unpaired) electrons. The molecule has 0 saturated carbocycles. The van der Waals surface area contributed by atoms with Gasteiger partial charge in [0.05, 0.1) is 18.1 Å². The van der Waals surface area contributed by atoms with Gasteiger partial charge in [-0.2, -0.15) is 4.31 Å². The maximum absolute atomic E-state index is 12.9. The number of hydrogen-bond donors (Lipinski definition) is 0. The number of ether oxygens (including phenoxy) is 1. The SMILES string of the molecule is O=C([C@@H]1CCCN1S(=O)(=O)c1ccc(Br)cc1)N1CCOCC1. The van der Waals surface area contributed by atoms with Crippen LogP contribution in [0.15, 0.2) is 33.6 Å². The van der Waals surface area contributed by atoms with E-state index in [4.69, 9.17) is 4.74 Å². The van der Waals surface area contributed by atoms with Gasteiger partial charge in [0.2, 0.25) is 15.9 Å². The van der Waals surface area contributed by atoms with E-state index in [-0.39, 0.29) is 10.8 Å². The van der Waals surface area contributed by atoms with Gasteiger partial charge < -0.3 is 9.64 Å². The van der Waals surface area contributed by atoms with Gasteiger partial charge in [0, 0.05) is 24.1 Å². The van der Waals surface area contributed by atoms with Crippen molar-refractivity contribution in [3.63, 3.8) is 0 Å². The maximum Gasteiger partial charge on any atom is 0.243 e. The van der Waals surface area contributed by atoms with Crippen molar-refractivity contribution >= 4 is 31.9 Å². The minimum atomic E-state index is -3.65. The van der Waals surface area contributed by atoms with Crippen LogP contribution in [0.2, 0.25) is 0 Å². The lowest BCUT2D eigenvalue weighted by atomic mass is 10.2. The van der Waals surface area contributed by atoms with E-state index in [0.29, 0.717) is 45.7 Å². The second-order valence-electron chi connectivity index (χ2n) is 5.67. The normalized spacial score (nSPS) is 23.2. The summed E-state index contributed by atoms with van der Waals surface area (Å²) >= 11 is 3.30. The minimum Gasteiger partial charge on any atom is -0.378 e. The fourth-order valence-corrected chi connectivity index (χ4v) is 4.93. The molecule has 1 atom stereocenters. The van der Waals surface area contributed by atoms with Crippen LogP contribution in [0.4, 0.5) is 0 Å². The summed E-state index contributed by atoms with van der Waals surface area (Å²) in [6.07, 6.45) is 1.28. The van der Waals surface area contributed by atoms with E-state index in [1.807, 2.05) is 0 Å². The molecular formula is C15H19BrN2O4S. The lowest BCUT2D eigenvalue weighted by Crippen LogP contribution is -2.50. The van der Waals surface area contributed by atoms with E-state index < -0.39 is 16.1 Å². The Kier molecular flexibility index (Phi) is 5.05. The second kappa shape index (κ2) is 6.88. The Morgan fingerprint density at radius 1 is 1.13 bits per heavy atom. The van der Waals surface area contributed by atoms with Crippen LogP contribution in [0.25, 0.3) is 0 Å². The predicted octanol–water partition coefficient (Wildman–Crippen LogP) is 1.46. The Morgan fingerprint density at radius 3 is 2.43 bits per heavy atom. The maximum atomic E-state index is 12.9. The lowest BCUT2D eigenvalue weighted by molar-refractivity contribution is -0.138. The van der Waals surface area contributed by atoms with Crippen molar-refractivity contribution in [2.75, 3.05) is 32.8 Å². The van der Waals surface area contributed by atoms with Crippen LogP contribution in [-0.2, 0) is 19.6 Å². The molecule has 0 N–H and O–H groups in total. The molecule has 0 bridgehead atoms. The zero-order valence-electron chi connectivity index (χ0n) is 12.7. The van der Waals surface area contributed by atoms with Crippen LogP contribution in [0, 0.1) is 0 Å². The molecule has 0 aliphatic carbocycles. The number of benzene rings is 1. The second-order valence-corrected chi connectivity index (χ2v) is 8.47. The average molecular weight is 403 g/mol. The van der Waals surface area contributed by atoms with Gasteiger partial charge in [-0.15, -0.1) is 0 Å². The zero-order chi connectivity index (χ0) is 16.4. The molecule has 126 valence electrons. The summed E-state index contributed by atoms with van der Waals surface area (Å²) in [4.78, 5) is 14.6. The van der Waals surface area contributed by atoms with Crippen LogP contribution in [0.1, 0.15) is 12.8 Å². The lowest BCUT2D eigenvalue weighted by Gasteiger charge is -2.32. The Balaban J connectivity index is 1.82. The largest absolute Gasteiger partial charge is 0.378 e. The first-order chi connectivity index (χ1) is 11.0. The van der Waals surface area contributed by atoms with Crippen molar-refractivity contribution in [3.05, 3.63) is 28.7 Å². The number of hydrogen-bond acceptors (Lipinski definition) is 4. The third-order valence-electron chi connectivity index (χ3n) is 4.23. The van der Waals surface area contributed by atoms with Crippen LogP contribution in [0.3, 0.4) is 0 Å². The van der Waals surface area contributed by atoms with Crippen molar-refractivity contribution in [3.8, 4) is 0 Å². The summed E-state index contributed by atoms with van der Waals surface area (Å²) in [5, 5.41) is 0. The topological polar surface area (TPSA) is 66.9 Å². The van der Waals surface area contributed by atoms with Crippen LogP contribution in [0.5, 0.6) is 0 Å². The third kappa shape index (κ3) is 3.45. The number of morpholine rings is 1. The number of rotatable bonds is 3. The molecule has 8 heteroatoms. The number of halogens is 1. The van der Waals surface area contributed by atoms with Crippen LogP contribution >= 0.6 is 15.9 Å². The molecule has 1 aromatic rings. The van der Waals surface area contributed by atoms with Crippen molar-refractivity contribution < 1.29 is 17.9 Å². The molecule has 2 saturated heterocycles. The molecule has 2 aliphatic rings. The molecule has 2 aliphatic heterocycles. The van der Waals surface area contributed by atoms with Gasteiger partial charge in [-0.1, -0.05) is 15.9 Å². The average Bonchev–Trinajstić information content (AvgIpc) is 3.06. The molecule has 2 heterocycles. The van der Waals surface area contributed by atoms with Crippen molar-refractivity contribution in [2.24, 2.45) is 0 Å². The summed E-state index contributed by atoms with van der Waals surface area (Å²) < 4.78 is 33.1. The highest BCUT2D eigenvalue weighted by atomic mass is 79.9. The van der Waals surface area contributed by atoms with E-state index in [1.54, 1.807) is 29.2 Å². The summed E-state index contributed by atoms with van der Waals surface area (Å²) in [6, 6.07) is 5.92. The Labute approximate surface area is 144 Å². The summed E-state index contributed by atoms with van der Waals surface area (Å²) in [5.41, 5.74) is 0. The smallest absolute Gasteiger partial charge is 0.243 e. The number of amides is 1. The molecule has 6 nitrogen and oxygen atoms in total. The Hall–Kier alpha value is -0.960. The van der Waals surface area contributed by atoms with Crippen LogP contribution in [-0.4, -0.2) is 62.4 Å². The third-order valence-corrected chi connectivity index (χ3v) is 6.68. The van der Waals surface area contributed by atoms with Crippen LogP contribution < -0.4 is 0 Å². The monoisotopic (exact) mass is 402 g/mol. The standard InChI is InChI=1S/C15H19BrN2O4S/c16-12-3-5-13(6-4-12)23(20,21)18-7-1-2-14(18)15(19)17-8-10-22-11-9-17/h3-6,14H,1-2,7-11H2/t14-/m0/s1. The first-order valence-corrected chi connectivity index (χ1v) is 9.87. The first kappa shape index (κ1) is 16.9. The summed E-state index contributed by atoms with van der Waals surface area (Å²) in [6.45, 7) is 2.47. The minimum absolute atomic E-state index is 0.105. The van der Waals surface area contributed by atoms with Crippen molar-refractivity contribution in [1.82, 2.24) is 9.21 Å². The van der Waals surface area contributed by atoms with Gasteiger partial charge in [0.25, 0.3) is 0 Å². The van der Waals surface area contributed by atoms with E-state index in [9.17, 15) is 13.2 Å². The quantitative estimate of drug-likeness (QED) is 0.767. The van der Waals surface area contributed by atoms with E-state index in [1.165, 1.54) is 4.31 Å². The first-order valence-electron chi connectivity index (χ1n) is 7.64. The molecule has 1 aromatic carbocycles. The van der Waals surface area contributed by atoms with E-state index in [0.717, 1.165) is 4.47 Å². The van der Waals surface area contributed by atoms with Crippen molar-refractivity contribution in [2.45, 2.75) is 23.8 Å². The van der Waals surface area contributed by atoms with Gasteiger partial charge in [0.15, 0.2) is 0 Å². The highest BCUT2D eigenvalue weighted by molar-refractivity contribution is 9.10. The van der Waals surface area contributed by atoms with E-state index in [2.05, 4.69) is 15.9 Å². The molecule has 0 spiro atoms. The van der Waals surface area contributed by atoms with Gasteiger partial charge in [-0.25, -0.2) is 8.42 Å². The number of carbonyl (C=O) groups is 1. The zero-order valence-corrected chi connectivity index (χ0v) is 15.1. The molecule has 0 unspecified atom stereocenters. The highest BCUT2D eigenvalue weighted by Crippen LogP contribution is 2.28. The molecule has 3 rings (SSSR count). The number of nitrogens with zero attached hydrogens (tertiary/aromatic N) is 2. The number of sulfonamides is 1. The van der Waals surface area contributed by atoms with E-state index >= 15 is 0 Å². The molecule has 2 fully saturated rings. The summed E-state index contributed by atoms with van der Waals surface area (Å²) in [7, 11) is -3.65.